The fourth-order valence-electron chi connectivity index (χ4n) is 1.57. The number of rotatable bonds is 4. The molecule has 0 saturated carbocycles. The summed E-state index contributed by atoms with van der Waals surface area (Å²) in [5, 5.41) is 0. The lowest BCUT2D eigenvalue weighted by Gasteiger charge is -2.41. The minimum atomic E-state index is -0.898. The summed E-state index contributed by atoms with van der Waals surface area (Å²) in [4.78, 5) is 18.5. The lowest BCUT2D eigenvalue weighted by Crippen LogP contribution is -2.62. The van der Waals surface area contributed by atoms with E-state index >= 15 is 0 Å². The highest BCUT2D eigenvalue weighted by molar-refractivity contribution is 4.89. The first-order valence-corrected chi connectivity index (χ1v) is 4.27. The second kappa shape index (κ2) is 5.65. The Hall–Kier alpha value is -0.360. The zero-order chi connectivity index (χ0) is 11.4. The summed E-state index contributed by atoms with van der Waals surface area (Å²) in [5.41, 5.74) is 0. The minimum absolute atomic E-state index is 0.427. The van der Waals surface area contributed by atoms with Crippen LogP contribution in [0.3, 0.4) is 0 Å². The van der Waals surface area contributed by atoms with E-state index in [-0.39, 0.29) is 0 Å². The van der Waals surface area contributed by atoms with Crippen molar-refractivity contribution in [3.05, 3.63) is 0 Å². The Bertz CT molecular complexity index is 196. The van der Waals surface area contributed by atoms with Crippen LogP contribution in [0.5, 0.6) is 0 Å². The number of ether oxygens (including phenoxy) is 1. The van der Waals surface area contributed by atoms with Crippen molar-refractivity contribution in [2.24, 2.45) is 23.6 Å². The van der Waals surface area contributed by atoms with Gasteiger partial charge in [-0.1, -0.05) is 0 Å². The number of hydrogen-bond acceptors (Lipinski definition) is 9. The molecule has 15 heavy (non-hydrogen) atoms. The average molecular weight is 224 g/mol. The molecule has 1 rings (SSSR count). The van der Waals surface area contributed by atoms with Crippen LogP contribution >= 0.6 is 0 Å². The quantitative estimate of drug-likeness (QED) is 0.377. The van der Waals surface area contributed by atoms with Crippen LogP contribution in [-0.4, -0.2) is 30.7 Å². The normalized spacial score (nSPS) is 41.8. The van der Waals surface area contributed by atoms with Crippen LogP contribution in [-0.2, 0) is 24.1 Å². The SMILES string of the molecule is CC1OC(ON)C(ON)C(ON)C1ON. The van der Waals surface area contributed by atoms with Crippen LogP contribution in [0.4, 0.5) is 0 Å². The van der Waals surface area contributed by atoms with Gasteiger partial charge in [-0.05, 0) is 6.92 Å². The Morgan fingerprint density at radius 1 is 0.800 bits per heavy atom. The van der Waals surface area contributed by atoms with Gasteiger partial charge in [0.15, 0.2) is 6.10 Å². The van der Waals surface area contributed by atoms with E-state index in [1.807, 2.05) is 0 Å². The second-order valence-corrected chi connectivity index (χ2v) is 3.15. The van der Waals surface area contributed by atoms with Gasteiger partial charge >= 0.3 is 0 Å². The summed E-state index contributed by atoms with van der Waals surface area (Å²) in [5.74, 6) is 20.2. The molecule has 0 aromatic carbocycles. The summed E-state index contributed by atoms with van der Waals surface area (Å²) in [6.45, 7) is 1.70. The fraction of sp³-hybridized carbons (Fsp3) is 1.00. The van der Waals surface area contributed by atoms with Gasteiger partial charge in [-0.25, -0.2) is 23.6 Å². The monoisotopic (exact) mass is 224 g/mol. The molecule has 1 heterocycles. The van der Waals surface area contributed by atoms with Crippen LogP contribution in [0.15, 0.2) is 0 Å². The lowest BCUT2D eigenvalue weighted by atomic mass is 10.00. The maximum Gasteiger partial charge on any atom is 0.208 e. The molecular weight excluding hydrogens is 208 g/mol. The third-order valence-corrected chi connectivity index (χ3v) is 2.33. The van der Waals surface area contributed by atoms with Gasteiger partial charge in [-0.3, -0.25) is 19.4 Å². The molecule has 0 aromatic heterocycles. The highest BCUT2D eigenvalue weighted by atomic mass is 16.8. The highest BCUT2D eigenvalue weighted by Gasteiger charge is 2.47. The van der Waals surface area contributed by atoms with E-state index in [0.29, 0.717) is 0 Å². The fourth-order valence-corrected chi connectivity index (χ4v) is 1.57. The Kier molecular flexibility index (Phi) is 4.79. The van der Waals surface area contributed by atoms with Gasteiger partial charge in [0.1, 0.15) is 12.2 Å². The molecule has 9 heteroatoms. The van der Waals surface area contributed by atoms with Crippen molar-refractivity contribution in [2.75, 3.05) is 0 Å². The summed E-state index contributed by atoms with van der Waals surface area (Å²) in [6, 6.07) is 0. The van der Waals surface area contributed by atoms with E-state index in [2.05, 4.69) is 19.4 Å². The van der Waals surface area contributed by atoms with E-state index in [1.54, 1.807) is 6.92 Å². The molecule has 9 nitrogen and oxygen atoms in total. The van der Waals surface area contributed by atoms with E-state index in [9.17, 15) is 0 Å². The molecule has 5 atom stereocenters. The van der Waals surface area contributed by atoms with Gasteiger partial charge in [0, 0.05) is 0 Å². The Balaban J connectivity index is 2.80. The summed E-state index contributed by atoms with van der Waals surface area (Å²) < 4.78 is 5.28. The molecular formula is C6H16N4O5. The third-order valence-electron chi connectivity index (χ3n) is 2.33. The first-order valence-electron chi connectivity index (χ1n) is 4.27. The summed E-state index contributed by atoms with van der Waals surface area (Å²) >= 11 is 0. The number of hydrogen-bond donors (Lipinski definition) is 4. The molecule has 0 bridgehead atoms. The molecule has 1 aliphatic heterocycles. The van der Waals surface area contributed by atoms with Crippen molar-refractivity contribution >= 4 is 0 Å². The second-order valence-electron chi connectivity index (χ2n) is 3.15. The van der Waals surface area contributed by atoms with Crippen molar-refractivity contribution in [3.63, 3.8) is 0 Å². The molecule has 0 spiro atoms. The Labute approximate surface area is 86.3 Å². The van der Waals surface area contributed by atoms with Gasteiger partial charge in [0.05, 0.1) is 6.10 Å². The van der Waals surface area contributed by atoms with Crippen LogP contribution in [0, 0.1) is 0 Å². The largest absolute Gasteiger partial charge is 0.342 e. The molecule has 90 valence electrons. The summed E-state index contributed by atoms with van der Waals surface area (Å²) in [6.07, 6.45) is -3.52. The smallest absolute Gasteiger partial charge is 0.208 e. The molecule has 0 aliphatic carbocycles. The van der Waals surface area contributed by atoms with E-state index in [4.69, 9.17) is 28.3 Å². The first kappa shape index (κ1) is 12.7. The predicted octanol–water partition coefficient (Wildman–Crippen LogP) is -2.60. The molecule has 0 aromatic rings. The molecule has 1 aliphatic rings. The van der Waals surface area contributed by atoms with Crippen molar-refractivity contribution < 1.29 is 24.1 Å². The van der Waals surface area contributed by atoms with Gasteiger partial charge in [0.2, 0.25) is 6.29 Å². The van der Waals surface area contributed by atoms with Crippen LogP contribution < -0.4 is 23.6 Å². The van der Waals surface area contributed by atoms with E-state index in [1.165, 1.54) is 0 Å². The van der Waals surface area contributed by atoms with E-state index < -0.39 is 30.7 Å². The molecule has 1 saturated heterocycles. The Morgan fingerprint density at radius 2 is 1.33 bits per heavy atom. The zero-order valence-electron chi connectivity index (χ0n) is 8.24. The topological polar surface area (TPSA) is 150 Å². The van der Waals surface area contributed by atoms with E-state index in [0.717, 1.165) is 0 Å². The summed E-state index contributed by atoms with van der Waals surface area (Å²) in [7, 11) is 0. The highest BCUT2D eigenvalue weighted by Crippen LogP contribution is 2.25. The zero-order valence-corrected chi connectivity index (χ0v) is 8.24. The molecule has 1 fully saturated rings. The molecule has 0 radical (unpaired) electrons. The average Bonchev–Trinajstić information content (AvgIpc) is 2.27. The van der Waals surface area contributed by atoms with Crippen molar-refractivity contribution in [3.8, 4) is 0 Å². The van der Waals surface area contributed by atoms with Crippen LogP contribution in [0.25, 0.3) is 0 Å². The minimum Gasteiger partial charge on any atom is -0.342 e. The first-order chi connectivity index (χ1) is 7.19. The van der Waals surface area contributed by atoms with Crippen molar-refractivity contribution in [1.82, 2.24) is 0 Å². The third kappa shape index (κ3) is 2.42. The van der Waals surface area contributed by atoms with Gasteiger partial charge in [0.25, 0.3) is 0 Å². The Morgan fingerprint density at radius 3 is 1.73 bits per heavy atom. The van der Waals surface area contributed by atoms with Crippen molar-refractivity contribution in [2.45, 2.75) is 37.6 Å². The van der Waals surface area contributed by atoms with Crippen LogP contribution in [0.2, 0.25) is 0 Å². The maximum absolute atomic E-state index is 5.28. The lowest BCUT2D eigenvalue weighted by molar-refractivity contribution is -0.319. The molecule has 5 unspecified atom stereocenters. The predicted molar refractivity (Wildman–Crippen MR) is 46.8 cm³/mol. The maximum atomic E-state index is 5.28. The van der Waals surface area contributed by atoms with Gasteiger partial charge in [-0.15, -0.1) is 0 Å². The van der Waals surface area contributed by atoms with Gasteiger partial charge < -0.3 is 4.74 Å². The van der Waals surface area contributed by atoms with Gasteiger partial charge in [-0.2, -0.15) is 0 Å². The van der Waals surface area contributed by atoms with Crippen LogP contribution in [0.1, 0.15) is 6.92 Å². The number of nitrogens with two attached hydrogens (primary N) is 4. The molecule has 8 N–H and O–H groups in total. The molecule has 0 amide bonds. The van der Waals surface area contributed by atoms with Crippen molar-refractivity contribution in [1.29, 1.82) is 0 Å². The standard InChI is InChI=1S/C6H16N4O5/c1-2-3(12-7)4(13-8)5(14-9)6(11-2)15-10/h2-6H,7-10H2,1H3.